The molecule has 0 amide bonds. The molecule has 4 rings (SSSR count). The van der Waals surface area contributed by atoms with Crippen molar-refractivity contribution in [3.63, 3.8) is 0 Å². The van der Waals surface area contributed by atoms with E-state index >= 15 is 0 Å². The minimum Gasteiger partial charge on any atom is -0.872 e. The number of nitrogens with one attached hydrogen (secondary N) is 2. The number of hydrogen-bond donors (Lipinski definition) is 0. The smallest absolute Gasteiger partial charge is 0.872 e. The van der Waals surface area contributed by atoms with Gasteiger partial charge in [0.1, 0.15) is 0 Å². The molecule has 0 radical (unpaired) electrons. The molecule has 27 heavy (non-hydrogen) atoms. The van der Waals surface area contributed by atoms with E-state index in [9.17, 15) is 10.2 Å². The van der Waals surface area contributed by atoms with Crippen molar-refractivity contribution in [3.05, 3.63) is 110 Å². The molecule has 4 aromatic rings. The van der Waals surface area contributed by atoms with E-state index in [2.05, 4.69) is 9.97 Å². The van der Waals surface area contributed by atoms with Gasteiger partial charge in [0.25, 0.3) is 0 Å². The van der Waals surface area contributed by atoms with E-state index in [1.54, 1.807) is 24.3 Å². The van der Waals surface area contributed by atoms with Crippen LogP contribution in [-0.4, -0.2) is 10.1 Å². The van der Waals surface area contributed by atoms with Crippen molar-refractivity contribution in [3.8, 4) is 22.8 Å². The van der Waals surface area contributed by atoms with E-state index < -0.39 is 0 Å². The monoisotopic (exact) mass is 353 g/mol. The first-order valence-corrected chi connectivity index (χ1v) is 8.13. The Balaban J connectivity index is 0.000000221. The minimum absolute atomic E-state index is 0. The van der Waals surface area contributed by atoms with Gasteiger partial charge in [-0.3, -0.25) is 0 Å². The van der Waals surface area contributed by atoms with E-state index in [4.69, 9.17) is 0 Å². The Morgan fingerprint density at radius 1 is 0.556 bits per heavy atom. The SMILES string of the molecule is [Be+2].[O-]c1ccccc1.[O-]c1ccccc1-c1cccc[nH+]1.c1cc[nH+]cc1. The molecule has 5 heteroatoms. The van der Waals surface area contributed by atoms with Gasteiger partial charge < -0.3 is 10.2 Å². The Morgan fingerprint density at radius 2 is 1.11 bits per heavy atom. The van der Waals surface area contributed by atoms with Crippen LogP contribution in [-0.2, 0) is 0 Å². The van der Waals surface area contributed by atoms with Crippen LogP contribution in [0.1, 0.15) is 0 Å². The second kappa shape index (κ2) is 12.8. The number of H-pyrrole nitrogens is 2. The summed E-state index contributed by atoms with van der Waals surface area (Å²) >= 11 is 0. The van der Waals surface area contributed by atoms with Crippen LogP contribution in [0.15, 0.2) is 110 Å². The molecule has 2 aromatic carbocycles. The van der Waals surface area contributed by atoms with Crippen LogP contribution in [0.5, 0.6) is 11.5 Å². The van der Waals surface area contributed by atoms with Gasteiger partial charge >= 0.3 is 10.1 Å². The van der Waals surface area contributed by atoms with E-state index in [1.165, 1.54) is 12.1 Å². The fourth-order valence-electron chi connectivity index (χ4n) is 2.01. The molecular weight excluding hydrogens is 333 g/mol. The third kappa shape index (κ3) is 8.43. The van der Waals surface area contributed by atoms with Crippen LogP contribution >= 0.6 is 0 Å². The number of hydrogen-bond acceptors (Lipinski definition) is 2. The average molecular weight is 353 g/mol. The number of benzene rings is 2. The quantitative estimate of drug-likeness (QED) is 0.492. The fraction of sp³-hybridized carbons (Fsp3) is 0. The second-order valence-electron chi connectivity index (χ2n) is 5.16. The van der Waals surface area contributed by atoms with Crippen molar-refractivity contribution < 1.29 is 20.2 Å². The molecule has 0 saturated carbocycles. The average Bonchev–Trinajstić information content (AvgIpc) is 2.72. The number of pyridine rings is 2. The Hall–Kier alpha value is -3.49. The van der Waals surface area contributed by atoms with Crippen LogP contribution < -0.4 is 20.2 Å². The van der Waals surface area contributed by atoms with E-state index in [1.807, 2.05) is 73.2 Å². The van der Waals surface area contributed by atoms with Crippen LogP contribution in [0.25, 0.3) is 11.3 Å². The van der Waals surface area contributed by atoms with Crippen molar-refractivity contribution in [2.75, 3.05) is 0 Å². The molecule has 0 unspecified atom stereocenters. The van der Waals surface area contributed by atoms with Crippen molar-refractivity contribution in [2.24, 2.45) is 0 Å². The molecule has 4 nitrogen and oxygen atoms in total. The first-order valence-electron chi connectivity index (χ1n) is 8.13. The number of para-hydroxylation sites is 2. The maximum absolute atomic E-state index is 11.4. The molecular formula is C22H20BeN2O2+2. The maximum atomic E-state index is 11.4. The van der Waals surface area contributed by atoms with Crippen molar-refractivity contribution >= 4 is 10.1 Å². The Labute approximate surface area is 163 Å². The molecule has 0 fully saturated rings. The first-order chi connectivity index (χ1) is 12.8. The molecule has 0 aliphatic rings. The largest absolute Gasteiger partial charge is 2.00 e. The Bertz CT molecular complexity index is 834. The molecule has 2 heterocycles. The van der Waals surface area contributed by atoms with Crippen LogP contribution in [0.4, 0.5) is 0 Å². The third-order valence-electron chi connectivity index (χ3n) is 3.24. The van der Waals surface area contributed by atoms with Gasteiger partial charge in [0.2, 0.25) is 5.69 Å². The third-order valence-corrected chi connectivity index (χ3v) is 3.24. The zero-order chi connectivity index (χ0) is 18.5. The summed E-state index contributed by atoms with van der Waals surface area (Å²) in [5.41, 5.74) is 1.57. The van der Waals surface area contributed by atoms with Gasteiger partial charge in [0, 0.05) is 29.8 Å². The summed E-state index contributed by atoms with van der Waals surface area (Å²) in [6.45, 7) is 0. The van der Waals surface area contributed by atoms with Crippen LogP contribution in [0.3, 0.4) is 0 Å². The summed E-state index contributed by atoms with van der Waals surface area (Å²) in [6, 6.07) is 26.8. The minimum atomic E-state index is 0. The fourth-order valence-corrected chi connectivity index (χ4v) is 2.01. The molecule has 0 atom stereocenters. The predicted molar refractivity (Wildman–Crippen MR) is 103 cm³/mol. The number of aromatic amines is 2. The van der Waals surface area contributed by atoms with Gasteiger partial charge in [0.15, 0.2) is 18.6 Å². The Kier molecular flexibility index (Phi) is 10.2. The summed E-state index contributed by atoms with van der Waals surface area (Å²) in [7, 11) is 0. The molecule has 0 saturated heterocycles. The van der Waals surface area contributed by atoms with Crippen LogP contribution in [0, 0.1) is 0 Å². The molecule has 130 valence electrons. The summed E-state index contributed by atoms with van der Waals surface area (Å²) in [5, 5.41) is 21.7. The maximum Gasteiger partial charge on any atom is 2.00 e. The molecule has 0 aliphatic carbocycles. The number of aromatic nitrogens is 2. The molecule has 2 aromatic heterocycles. The van der Waals surface area contributed by atoms with Gasteiger partial charge in [0.05, 0.1) is 0 Å². The van der Waals surface area contributed by atoms with E-state index in [-0.39, 0.29) is 21.6 Å². The summed E-state index contributed by atoms with van der Waals surface area (Å²) in [4.78, 5) is 5.92. The van der Waals surface area contributed by atoms with Gasteiger partial charge in [-0.2, -0.15) is 0 Å². The van der Waals surface area contributed by atoms with Gasteiger partial charge in [-0.05, 0) is 12.1 Å². The molecule has 2 N–H and O–H groups in total. The zero-order valence-corrected chi connectivity index (χ0v) is 14.9. The van der Waals surface area contributed by atoms with Crippen molar-refractivity contribution in [1.29, 1.82) is 0 Å². The van der Waals surface area contributed by atoms with E-state index in [0.717, 1.165) is 5.69 Å². The summed E-state index contributed by atoms with van der Waals surface area (Å²) < 4.78 is 0. The summed E-state index contributed by atoms with van der Waals surface area (Å²) in [5.74, 6) is 0.118. The first kappa shape index (κ1) is 21.6. The molecule has 0 aliphatic heterocycles. The molecule has 0 bridgehead atoms. The van der Waals surface area contributed by atoms with Gasteiger partial charge in [-0.25, -0.2) is 9.97 Å². The van der Waals surface area contributed by atoms with Gasteiger partial charge in [-0.15, -0.1) is 5.75 Å². The van der Waals surface area contributed by atoms with Crippen LogP contribution in [0.2, 0.25) is 0 Å². The Morgan fingerprint density at radius 3 is 1.56 bits per heavy atom. The predicted octanol–water partition coefficient (Wildman–Crippen LogP) is 2.12. The van der Waals surface area contributed by atoms with Gasteiger partial charge in [-0.1, -0.05) is 60.3 Å². The van der Waals surface area contributed by atoms with E-state index in [0.29, 0.717) is 5.56 Å². The topological polar surface area (TPSA) is 74.4 Å². The van der Waals surface area contributed by atoms with Crippen molar-refractivity contribution in [2.45, 2.75) is 0 Å². The molecule has 0 spiro atoms. The normalized spacial score (nSPS) is 8.74. The van der Waals surface area contributed by atoms with Crippen molar-refractivity contribution in [1.82, 2.24) is 0 Å². The standard InChI is InChI=1S/C11H9NO.C6H6O.C5H5N.Be/c13-11-7-2-1-5-9(11)10-6-3-4-8-12-10;7-6-4-2-1-3-5-6;1-2-4-6-5-3-1;/h1-8,13H;1-5,7H;1-5H;/q;;;+2. The number of rotatable bonds is 1. The summed E-state index contributed by atoms with van der Waals surface area (Å²) in [6.07, 6.45) is 5.56. The second-order valence-corrected chi connectivity index (χ2v) is 5.16. The zero-order valence-electron chi connectivity index (χ0n) is 14.9.